The molecule has 5 heteroatoms. The van der Waals surface area contributed by atoms with E-state index < -0.39 is 0 Å². The van der Waals surface area contributed by atoms with Crippen molar-refractivity contribution in [3.63, 3.8) is 0 Å². The summed E-state index contributed by atoms with van der Waals surface area (Å²) in [5.41, 5.74) is 6.33. The molecule has 3 aromatic rings. The first-order valence-electron chi connectivity index (χ1n) is 11.8. The Morgan fingerprint density at radius 3 is 2.35 bits per heavy atom. The van der Waals surface area contributed by atoms with Crippen molar-refractivity contribution in [3.05, 3.63) is 95.3 Å². The van der Waals surface area contributed by atoms with Crippen molar-refractivity contribution in [2.45, 2.75) is 37.3 Å². The Morgan fingerprint density at radius 1 is 0.971 bits per heavy atom. The summed E-state index contributed by atoms with van der Waals surface area (Å²) < 4.78 is 25.8. The molecule has 1 fully saturated rings. The fourth-order valence-corrected chi connectivity index (χ4v) is 5.86. The van der Waals surface area contributed by atoms with E-state index in [0.717, 1.165) is 18.4 Å². The quantitative estimate of drug-likeness (QED) is 0.457. The van der Waals surface area contributed by atoms with Crippen LogP contribution in [0.2, 0.25) is 0 Å². The van der Waals surface area contributed by atoms with E-state index >= 15 is 0 Å². The van der Waals surface area contributed by atoms with Crippen LogP contribution in [0.5, 0.6) is 5.75 Å². The Bertz CT molecular complexity index is 1250. The van der Waals surface area contributed by atoms with Crippen molar-refractivity contribution < 1.29 is 18.7 Å². The van der Waals surface area contributed by atoms with Crippen molar-refractivity contribution >= 4 is 11.7 Å². The van der Waals surface area contributed by atoms with Crippen LogP contribution in [-0.4, -0.2) is 36.8 Å². The van der Waals surface area contributed by atoms with Crippen molar-refractivity contribution in [2.75, 3.05) is 13.7 Å². The molecule has 1 aliphatic carbocycles. The zero-order chi connectivity index (χ0) is 23.2. The summed E-state index contributed by atoms with van der Waals surface area (Å²) in [6.45, 7) is 0.309. The van der Waals surface area contributed by atoms with Gasteiger partial charge in [-0.05, 0) is 65.3 Å². The van der Waals surface area contributed by atoms with E-state index in [1.165, 1.54) is 28.3 Å². The van der Waals surface area contributed by atoms with Gasteiger partial charge in [0.25, 0.3) is 0 Å². The highest BCUT2D eigenvalue weighted by atomic mass is 19.1. The maximum atomic E-state index is 14.6. The molecule has 2 heterocycles. The molecular formula is C29H26FNO3. The molecule has 34 heavy (non-hydrogen) atoms. The van der Waals surface area contributed by atoms with Gasteiger partial charge in [0.15, 0.2) is 0 Å². The normalized spacial score (nSPS) is 20.5. The van der Waals surface area contributed by atoms with Crippen LogP contribution in [0.15, 0.2) is 72.8 Å². The van der Waals surface area contributed by atoms with E-state index in [-0.39, 0.29) is 29.9 Å². The molecule has 3 aromatic carbocycles. The van der Waals surface area contributed by atoms with Gasteiger partial charge in [0, 0.05) is 17.5 Å². The summed E-state index contributed by atoms with van der Waals surface area (Å²) in [6.07, 6.45) is 4.12. The van der Waals surface area contributed by atoms with Crippen molar-refractivity contribution in [1.82, 2.24) is 4.90 Å². The first kappa shape index (κ1) is 21.0. The lowest BCUT2D eigenvalue weighted by atomic mass is 9.94. The molecule has 2 unspecified atom stereocenters. The molecule has 0 spiro atoms. The number of ether oxygens (including phenoxy) is 2. The summed E-state index contributed by atoms with van der Waals surface area (Å²) >= 11 is 0. The minimum atomic E-state index is -0.282. The van der Waals surface area contributed by atoms with Gasteiger partial charge in [-0.1, -0.05) is 54.6 Å². The summed E-state index contributed by atoms with van der Waals surface area (Å²) in [4.78, 5) is 15.1. The molecule has 2 bridgehead atoms. The van der Waals surface area contributed by atoms with Crippen LogP contribution >= 0.6 is 0 Å². The van der Waals surface area contributed by atoms with Crippen LogP contribution in [-0.2, 0) is 4.74 Å². The van der Waals surface area contributed by atoms with Crippen LogP contribution in [0.25, 0.3) is 16.7 Å². The van der Waals surface area contributed by atoms with Crippen LogP contribution in [0.4, 0.5) is 9.18 Å². The Labute approximate surface area is 198 Å². The average Bonchev–Trinajstić information content (AvgIpc) is 3.33. The lowest BCUT2D eigenvalue weighted by Crippen LogP contribution is -2.43. The number of carbonyl (C=O) groups excluding carboxylic acids is 1. The second kappa shape index (κ2) is 8.32. The van der Waals surface area contributed by atoms with E-state index in [2.05, 4.69) is 24.3 Å². The third kappa shape index (κ3) is 3.38. The van der Waals surface area contributed by atoms with Crippen LogP contribution < -0.4 is 4.74 Å². The fraction of sp³-hybridized carbons (Fsp3) is 0.276. The Balaban J connectivity index is 1.21. The third-order valence-electron chi connectivity index (χ3n) is 7.46. The standard InChI is InChI=1S/C29H26FNO3/c1-33-21-12-13-28(30)26(16-21)18-14-19-10-11-20(15-18)31(19)29(32)34-17-27-24-8-4-2-6-22(24)23-7-3-5-9-25(23)27/h2-9,12-14,16,19-20,27H,10-11,15,17H2,1H3. The molecule has 0 radical (unpaired) electrons. The van der Waals surface area contributed by atoms with Crippen molar-refractivity contribution in [1.29, 1.82) is 0 Å². The largest absolute Gasteiger partial charge is 0.497 e. The van der Waals surface area contributed by atoms with Gasteiger partial charge < -0.3 is 9.47 Å². The van der Waals surface area contributed by atoms with Gasteiger partial charge in [-0.15, -0.1) is 0 Å². The second-order valence-corrected chi connectivity index (χ2v) is 9.25. The number of halogens is 1. The molecule has 6 rings (SSSR count). The molecule has 3 aliphatic rings. The molecular weight excluding hydrogens is 429 g/mol. The number of amides is 1. The number of methoxy groups -OCH3 is 1. The number of fused-ring (bicyclic) bond motifs is 5. The zero-order valence-electron chi connectivity index (χ0n) is 19.0. The lowest BCUT2D eigenvalue weighted by Gasteiger charge is -2.33. The molecule has 0 saturated carbocycles. The van der Waals surface area contributed by atoms with Crippen LogP contribution in [0, 0.1) is 5.82 Å². The lowest BCUT2D eigenvalue weighted by molar-refractivity contribution is 0.0866. The Morgan fingerprint density at radius 2 is 1.68 bits per heavy atom. The SMILES string of the molecule is COc1ccc(F)c(C2=CC3CCC(C2)N3C(=O)OCC2c3ccccc3-c3ccccc32)c1. The van der Waals surface area contributed by atoms with E-state index in [9.17, 15) is 9.18 Å². The Hall–Kier alpha value is -3.60. The number of carbonyl (C=O) groups is 1. The van der Waals surface area contributed by atoms with E-state index in [0.29, 0.717) is 24.3 Å². The highest BCUT2D eigenvalue weighted by Gasteiger charge is 2.41. The minimum absolute atomic E-state index is 0.0197. The van der Waals surface area contributed by atoms with Gasteiger partial charge in [-0.3, -0.25) is 4.90 Å². The van der Waals surface area contributed by atoms with E-state index in [1.807, 2.05) is 35.2 Å². The van der Waals surface area contributed by atoms with E-state index in [4.69, 9.17) is 9.47 Å². The number of hydrogen-bond donors (Lipinski definition) is 0. The average molecular weight is 456 g/mol. The smallest absolute Gasteiger partial charge is 0.410 e. The molecule has 0 N–H and O–H groups in total. The summed E-state index contributed by atoms with van der Waals surface area (Å²) in [5.74, 6) is 0.403. The maximum Gasteiger partial charge on any atom is 0.410 e. The zero-order valence-corrected chi connectivity index (χ0v) is 19.0. The summed E-state index contributed by atoms with van der Waals surface area (Å²) in [6, 6.07) is 21.4. The molecule has 1 amide bonds. The third-order valence-corrected chi connectivity index (χ3v) is 7.46. The molecule has 1 saturated heterocycles. The molecule has 0 aromatic heterocycles. The highest BCUT2D eigenvalue weighted by molar-refractivity contribution is 5.79. The first-order valence-corrected chi connectivity index (χ1v) is 11.8. The van der Waals surface area contributed by atoms with Crippen LogP contribution in [0.1, 0.15) is 41.9 Å². The summed E-state index contributed by atoms with van der Waals surface area (Å²) in [5, 5.41) is 0. The second-order valence-electron chi connectivity index (χ2n) is 9.25. The van der Waals surface area contributed by atoms with Gasteiger partial charge in [0.05, 0.1) is 13.2 Å². The van der Waals surface area contributed by atoms with Gasteiger partial charge in [-0.2, -0.15) is 0 Å². The van der Waals surface area contributed by atoms with Crippen molar-refractivity contribution in [2.24, 2.45) is 0 Å². The Kier molecular flexibility index (Phi) is 5.13. The monoisotopic (exact) mass is 455 g/mol. The molecule has 4 nitrogen and oxygen atoms in total. The van der Waals surface area contributed by atoms with Crippen molar-refractivity contribution in [3.8, 4) is 16.9 Å². The van der Waals surface area contributed by atoms with Gasteiger partial charge >= 0.3 is 6.09 Å². The van der Waals surface area contributed by atoms with Gasteiger partial charge in [-0.25, -0.2) is 9.18 Å². The van der Waals surface area contributed by atoms with E-state index in [1.54, 1.807) is 19.2 Å². The highest BCUT2D eigenvalue weighted by Crippen LogP contribution is 2.45. The predicted octanol–water partition coefficient (Wildman–Crippen LogP) is 6.40. The van der Waals surface area contributed by atoms with Gasteiger partial charge in [0.1, 0.15) is 18.2 Å². The number of nitrogens with zero attached hydrogens (tertiary/aromatic N) is 1. The first-order chi connectivity index (χ1) is 16.6. The molecule has 172 valence electrons. The van der Waals surface area contributed by atoms with Gasteiger partial charge in [0.2, 0.25) is 0 Å². The number of hydrogen-bond acceptors (Lipinski definition) is 3. The summed E-state index contributed by atoms with van der Waals surface area (Å²) in [7, 11) is 1.58. The van der Waals surface area contributed by atoms with Crippen LogP contribution in [0.3, 0.4) is 0 Å². The minimum Gasteiger partial charge on any atom is -0.497 e. The molecule has 2 atom stereocenters. The maximum absolute atomic E-state index is 14.6. The fourth-order valence-electron chi connectivity index (χ4n) is 5.86. The molecule has 2 aliphatic heterocycles. The number of rotatable bonds is 4. The topological polar surface area (TPSA) is 38.8 Å². The number of benzene rings is 3. The predicted molar refractivity (Wildman–Crippen MR) is 129 cm³/mol.